The minimum atomic E-state index is -0.216. The molecule has 0 bridgehead atoms. The first-order chi connectivity index (χ1) is 9.62. The van der Waals surface area contributed by atoms with E-state index >= 15 is 0 Å². The molecule has 2 nitrogen and oxygen atoms in total. The van der Waals surface area contributed by atoms with Crippen LogP contribution in [0, 0.1) is 0 Å². The van der Waals surface area contributed by atoms with Gasteiger partial charge in [-0.1, -0.05) is 36.4 Å². The van der Waals surface area contributed by atoms with Crippen LogP contribution in [0.1, 0.15) is 25.0 Å². The van der Waals surface area contributed by atoms with Gasteiger partial charge in [-0.15, -0.1) is 0 Å². The third-order valence-electron chi connectivity index (χ3n) is 3.39. The number of fused-ring (bicyclic) bond motifs is 1. The van der Waals surface area contributed by atoms with E-state index < -0.39 is 0 Å². The summed E-state index contributed by atoms with van der Waals surface area (Å²) in [6.45, 7) is 4.96. The maximum Gasteiger partial charge on any atom is 0.127 e. The molecule has 2 aromatic carbocycles. The van der Waals surface area contributed by atoms with Gasteiger partial charge in [-0.25, -0.2) is 0 Å². The molecule has 2 aromatic rings. The summed E-state index contributed by atoms with van der Waals surface area (Å²) in [6, 6.07) is 16.6. The second-order valence-electron chi connectivity index (χ2n) is 5.63. The Hall–Kier alpha value is -2.22. The van der Waals surface area contributed by atoms with Crippen molar-refractivity contribution in [3.63, 3.8) is 0 Å². The highest BCUT2D eigenvalue weighted by Crippen LogP contribution is 2.32. The first-order valence-electron chi connectivity index (χ1n) is 6.92. The predicted molar refractivity (Wildman–Crippen MR) is 84.0 cm³/mol. The van der Waals surface area contributed by atoms with Crippen molar-refractivity contribution in [2.75, 3.05) is 5.32 Å². The van der Waals surface area contributed by atoms with Gasteiger partial charge in [-0.3, -0.25) is 0 Å². The largest absolute Gasteiger partial charge is 0.483 e. The molecule has 1 aliphatic rings. The van der Waals surface area contributed by atoms with E-state index in [1.165, 1.54) is 5.56 Å². The molecule has 3 rings (SSSR count). The average Bonchev–Trinajstić information content (AvgIpc) is 2.45. The van der Waals surface area contributed by atoms with Gasteiger partial charge in [0.2, 0.25) is 0 Å². The molecule has 0 radical (unpaired) electrons. The van der Waals surface area contributed by atoms with Crippen molar-refractivity contribution < 1.29 is 4.74 Å². The summed E-state index contributed by atoms with van der Waals surface area (Å²) in [4.78, 5) is 0. The molecule has 102 valence electrons. The molecule has 2 heteroatoms. The van der Waals surface area contributed by atoms with Crippen LogP contribution in [0.3, 0.4) is 0 Å². The van der Waals surface area contributed by atoms with Crippen LogP contribution in [0.2, 0.25) is 0 Å². The van der Waals surface area contributed by atoms with Crippen molar-refractivity contribution in [2.45, 2.75) is 26.0 Å². The van der Waals surface area contributed by atoms with Gasteiger partial charge in [0.05, 0.1) is 0 Å². The van der Waals surface area contributed by atoms with E-state index in [0.717, 1.165) is 23.5 Å². The molecule has 0 fully saturated rings. The Morgan fingerprint density at radius 2 is 1.85 bits per heavy atom. The molecule has 0 saturated carbocycles. The molecule has 1 heterocycles. The number of hydrogen-bond donors (Lipinski definition) is 1. The number of nitrogens with one attached hydrogen (secondary N) is 1. The van der Waals surface area contributed by atoms with Gasteiger partial charge in [0.25, 0.3) is 0 Å². The zero-order valence-corrected chi connectivity index (χ0v) is 11.9. The fraction of sp³-hybridized carbons (Fsp3) is 0.222. The summed E-state index contributed by atoms with van der Waals surface area (Å²) in [5.41, 5.74) is 3.30. The van der Waals surface area contributed by atoms with Crippen molar-refractivity contribution in [2.24, 2.45) is 0 Å². The summed E-state index contributed by atoms with van der Waals surface area (Å²) in [7, 11) is 0. The first kappa shape index (κ1) is 12.8. The lowest BCUT2D eigenvalue weighted by atomic mass is 10.0. The molecule has 1 N–H and O–H groups in total. The zero-order chi connectivity index (χ0) is 14.0. The molecule has 0 unspecified atom stereocenters. The lowest BCUT2D eigenvalue weighted by Crippen LogP contribution is -2.27. The molecule has 0 aromatic heterocycles. The molecular weight excluding hydrogens is 246 g/mol. The van der Waals surface area contributed by atoms with Crippen molar-refractivity contribution in [1.29, 1.82) is 0 Å². The monoisotopic (exact) mass is 265 g/mol. The van der Waals surface area contributed by atoms with Crippen LogP contribution >= 0.6 is 0 Å². The highest BCUT2D eigenvalue weighted by Gasteiger charge is 2.21. The van der Waals surface area contributed by atoms with Crippen molar-refractivity contribution in [3.8, 4) is 5.75 Å². The molecule has 0 saturated heterocycles. The maximum absolute atomic E-state index is 5.92. The number of anilines is 1. The zero-order valence-electron chi connectivity index (χ0n) is 11.9. The summed E-state index contributed by atoms with van der Waals surface area (Å²) in [5, 5.41) is 3.44. The third-order valence-corrected chi connectivity index (χ3v) is 3.39. The van der Waals surface area contributed by atoms with Crippen LogP contribution in [0.25, 0.3) is 6.08 Å². The Bertz CT molecular complexity index is 629. The van der Waals surface area contributed by atoms with Crippen molar-refractivity contribution in [3.05, 3.63) is 65.7 Å². The Kier molecular flexibility index (Phi) is 3.23. The second-order valence-corrected chi connectivity index (χ2v) is 5.63. The molecule has 0 atom stereocenters. The summed E-state index contributed by atoms with van der Waals surface area (Å²) in [6.07, 6.45) is 4.23. The van der Waals surface area contributed by atoms with E-state index in [2.05, 4.69) is 67.7 Å². The second kappa shape index (κ2) is 5.04. The number of benzene rings is 2. The Labute approximate surface area is 120 Å². The maximum atomic E-state index is 5.92. The quantitative estimate of drug-likeness (QED) is 0.883. The first-order valence-corrected chi connectivity index (χ1v) is 6.92. The van der Waals surface area contributed by atoms with Crippen molar-refractivity contribution in [1.82, 2.24) is 0 Å². The van der Waals surface area contributed by atoms with E-state index in [0.29, 0.717) is 0 Å². The molecule has 0 amide bonds. The number of hydrogen-bond acceptors (Lipinski definition) is 2. The molecule has 0 aliphatic carbocycles. The van der Waals surface area contributed by atoms with Gasteiger partial charge in [0, 0.05) is 17.8 Å². The van der Waals surface area contributed by atoms with E-state index in [4.69, 9.17) is 4.74 Å². The molecule has 1 aliphatic heterocycles. The summed E-state index contributed by atoms with van der Waals surface area (Å²) >= 11 is 0. The van der Waals surface area contributed by atoms with Crippen LogP contribution in [-0.4, -0.2) is 5.60 Å². The van der Waals surface area contributed by atoms with Gasteiger partial charge < -0.3 is 10.1 Å². The van der Waals surface area contributed by atoms with E-state index in [1.807, 2.05) is 12.1 Å². The van der Waals surface area contributed by atoms with Crippen LogP contribution in [0.4, 0.5) is 5.69 Å². The fourth-order valence-corrected chi connectivity index (χ4v) is 2.29. The van der Waals surface area contributed by atoms with E-state index in [9.17, 15) is 0 Å². The van der Waals surface area contributed by atoms with Gasteiger partial charge >= 0.3 is 0 Å². The highest BCUT2D eigenvalue weighted by molar-refractivity contribution is 5.66. The third kappa shape index (κ3) is 2.85. The number of ether oxygens (including phenoxy) is 1. The fourth-order valence-electron chi connectivity index (χ4n) is 2.29. The smallest absolute Gasteiger partial charge is 0.127 e. The highest BCUT2D eigenvalue weighted by atomic mass is 16.5. The minimum Gasteiger partial charge on any atom is -0.483 e. The lowest BCUT2D eigenvalue weighted by molar-refractivity contribution is 0.159. The lowest BCUT2D eigenvalue weighted by Gasteiger charge is -2.28. The van der Waals surface area contributed by atoms with Gasteiger partial charge in [-0.2, -0.15) is 0 Å². The standard InChI is InChI=1S/C18H19NO/c1-18(2)11-10-15-12-16(8-9-17(15)20-18)19-13-14-6-4-3-5-7-14/h3-12,19H,13H2,1-2H3. The SMILES string of the molecule is CC1(C)C=Cc2cc(NCc3ccccc3)ccc2O1. The molecule has 0 spiro atoms. The number of rotatable bonds is 3. The topological polar surface area (TPSA) is 21.3 Å². The normalized spacial score (nSPS) is 15.3. The van der Waals surface area contributed by atoms with Crippen LogP contribution < -0.4 is 10.1 Å². The minimum absolute atomic E-state index is 0.216. The van der Waals surface area contributed by atoms with Crippen LogP contribution in [0.5, 0.6) is 5.75 Å². The summed E-state index contributed by atoms with van der Waals surface area (Å²) < 4.78 is 5.92. The summed E-state index contributed by atoms with van der Waals surface area (Å²) in [5.74, 6) is 0.947. The predicted octanol–water partition coefficient (Wildman–Crippen LogP) is 4.48. The van der Waals surface area contributed by atoms with E-state index in [-0.39, 0.29) is 5.60 Å². The Morgan fingerprint density at radius 1 is 1.05 bits per heavy atom. The average molecular weight is 265 g/mol. The van der Waals surface area contributed by atoms with E-state index in [1.54, 1.807) is 0 Å². The molecule has 20 heavy (non-hydrogen) atoms. The van der Waals surface area contributed by atoms with Gasteiger partial charge in [0.1, 0.15) is 11.4 Å². The van der Waals surface area contributed by atoms with Crippen LogP contribution in [0.15, 0.2) is 54.6 Å². The molecular formula is C18H19NO. The van der Waals surface area contributed by atoms with Gasteiger partial charge in [-0.05, 0) is 43.7 Å². The Balaban J connectivity index is 1.74. The van der Waals surface area contributed by atoms with Crippen LogP contribution in [-0.2, 0) is 6.54 Å². The Morgan fingerprint density at radius 3 is 2.65 bits per heavy atom. The van der Waals surface area contributed by atoms with Gasteiger partial charge in [0.15, 0.2) is 0 Å². The van der Waals surface area contributed by atoms with Crippen molar-refractivity contribution >= 4 is 11.8 Å².